The van der Waals surface area contributed by atoms with E-state index in [1.165, 1.54) is 7.11 Å². The van der Waals surface area contributed by atoms with Crippen LogP contribution < -0.4 is 0 Å². The number of carboxylic acids is 1. The standard InChI is InChI=1S/C13H11ClO4/c1-18-13(17)4-2-3-9-5-6-11(14)10(7-9)8-12(15)16/h5-7H,4,8H2,1H3,(H,15,16). The van der Waals surface area contributed by atoms with E-state index in [9.17, 15) is 9.59 Å². The molecule has 1 rings (SSSR count). The molecule has 4 nitrogen and oxygen atoms in total. The second kappa shape index (κ2) is 6.67. The lowest BCUT2D eigenvalue weighted by atomic mass is 10.1. The lowest BCUT2D eigenvalue weighted by Gasteiger charge is -2.01. The lowest BCUT2D eigenvalue weighted by molar-refractivity contribution is -0.139. The number of hydrogen-bond donors (Lipinski definition) is 1. The van der Waals surface area contributed by atoms with Gasteiger partial charge >= 0.3 is 11.9 Å². The van der Waals surface area contributed by atoms with Gasteiger partial charge in [0, 0.05) is 10.6 Å². The van der Waals surface area contributed by atoms with E-state index >= 15 is 0 Å². The maximum Gasteiger partial charge on any atom is 0.317 e. The lowest BCUT2D eigenvalue weighted by Crippen LogP contribution is -2.01. The highest BCUT2D eigenvalue weighted by Gasteiger charge is 2.05. The average Bonchev–Trinajstić information content (AvgIpc) is 2.32. The van der Waals surface area contributed by atoms with E-state index in [1.807, 2.05) is 0 Å². The van der Waals surface area contributed by atoms with Gasteiger partial charge in [-0.15, -0.1) is 0 Å². The molecule has 0 fully saturated rings. The van der Waals surface area contributed by atoms with Gasteiger partial charge in [0.05, 0.1) is 13.5 Å². The van der Waals surface area contributed by atoms with Crippen LogP contribution in [0, 0.1) is 11.8 Å². The van der Waals surface area contributed by atoms with Crippen molar-refractivity contribution in [3.05, 3.63) is 34.3 Å². The number of hydrogen-bond acceptors (Lipinski definition) is 3. The quantitative estimate of drug-likeness (QED) is 0.670. The topological polar surface area (TPSA) is 63.6 Å². The van der Waals surface area contributed by atoms with Crippen LogP contribution in [0.1, 0.15) is 17.5 Å². The van der Waals surface area contributed by atoms with Crippen molar-refractivity contribution in [3.8, 4) is 11.8 Å². The van der Waals surface area contributed by atoms with Gasteiger partial charge in [0.15, 0.2) is 0 Å². The number of carbonyl (C=O) groups is 2. The summed E-state index contributed by atoms with van der Waals surface area (Å²) in [6.07, 6.45) is -0.168. The molecule has 0 aliphatic rings. The van der Waals surface area contributed by atoms with Crippen LogP contribution in [0.15, 0.2) is 18.2 Å². The van der Waals surface area contributed by atoms with Crippen molar-refractivity contribution in [1.82, 2.24) is 0 Å². The zero-order valence-corrected chi connectivity index (χ0v) is 10.5. The number of methoxy groups -OCH3 is 1. The molecule has 0 radical (unpaired) electrons. The van der Waals surface area contributed by atoms with E-state index in [0.29, 0.717) is 16.1 Å². The van der Waals surface area contributed by atoms with Crippen LogP contribution in [0.25, 0.3) is 0 Å². The number of rotatable bonds is 3. The van der Waals surface area contributed by atoms with Crippen LogP contribution in [-0.4, -0.2) is 24.2 Å². The zero-order valence-electron chi connectivity index (χ0n) is 9.70. The van der Waals surface area contributed by atoms with E-state index in [2.05, 4.69) is 16.6 Å². The predicted octanol–water partition coefficient (Wildman–Crippen LogP) is 1.88. The fourth-order valence-electron chi connectivity index (χ4n) is 1.24. The molecule has 0 unspecified atom stereocenters. The van der Waals surface area contributed by atoms with Gasteiger partial charge in [0.1, 0.15) is 6.42 Å². The Morgan fingerprint density at radius 2 is 2.17 bits per heavy atom. The molecule has 5 heteroatoms. The summed E-state index contributed by atoms with van der Waals surface area (Å²) in [5.74, 6) is 4.01. The minimum Gasteiger partial charge on any atom is -0.481 e. The Balaban J connectivity index is 2.84. The number of carboxylic acid groups (broad SMARTS) is 1. The van der Waals surface area contributed by atoms with Crippen molar-refractivity contribution >= 4 is 23.5 Å². The molecule has 0 saturated carbocycles. The second-order valence-corrected chi connectivity index (χ2v) is 3.84. The van der Waals surface area contributed by atoms with Crippen LogP contribution in [0.5, 0.6) is 0 Å². The highest BCUT2D eigenvalue weighted by molar-refractivity contribution is 6.31. The molecule has 18 heavy (non-hydrogen) atoms. The number of halogens is 1. The highest BCUT2D eigenvalue weighted by Crippen LogP contribution is 2.17. The van der Waals surface area contributed by atoms with E-state index in [-0.39, 0.29) is 12.8 Å². The summed E-state index contributed by atoms with van der Waals surface area (Å²) in [7, 11) is 1.29. The van der Waals surface area contributed by atoms with E-state index in [4.69, 9.17) is 16.7 Å². The Kier molecular flexibility index (Phi) is 5.22. The molecule has 0 spiro atoms. The van der Waals surface area contributed by atoms with Crippen molar-refractivity contribution < 1.29 is 19.4 Å². The molecular weight excluding hydrogens is 256 g/mol. The maximum atomic E-state index is 10.8. The Morgan fingerprint density at radius 1 is 1.44 bits per heavy atom. The van der Waals surface area contributed by atoms with E-state index in [1.54, 1.807) is 18.2 Å². The average molecular weight is 267 g/mol. The number of ether oxygens (including phenoxy) is 1. The van der Waals surface area contributed by atoms with Crippen molar-refractivity contribution in [3.63, 3.8) is 0 Å². The Morgan fingerprint density at radius 3 is 2.78 bits per heavy atom. The van der Waals surface area contributed by atoms with Crippen LogP contribution in [0.4, 0.5) is 0 Å². The predicted molar refractivity (Wildman–Crippen MR) is 66.3 cm³/mol. The molecule has 1 aromatic carbocycles. The first-order chi connectivity index (χ1) is 8.52. The third-order valence-electron chi connectivity index (χ3n) is 2.08. The summed E-state index contributed by atoms with van der Waals surface area (Å²) < 4.78 is 4.44. The largest absolute Gasteiger partial charge is 0.481 e. The summed E-state index contributed by atoms with van der Waals surface area (Å²) in [6, 6.07) is 4.85. The smallest absolute Gasteiger partial charge is 0.317 e. The maximum absolute atomic E-state index is 10.8. The number of esters is 1. The molecule has 0 aromatic heterocycles. The van der Waals surface area contributed by atoms with Gasteiger partial charge in [0.2, 0.25) is 0 Å². The Labute approximate surface area is 110 Å². The molecule has 0 heterocycles. The summed E-state index contributed by atoms with van der Waals surface area (Å²) in [4.78, 5) is 21.5. The number of benzene rings is 1. The molecule has 0 atom stereocenters. The summed E-state index contributed by atoms with van der Waals surface area (Å²) in [5, 5.41) is 9.09. The molecule has 94 valence electrons. The van der Waals surface area contributed by atoms with Crippen molar-refractivity contribution in [2.75, 3.05) is 7.11 Å². The first-order valence-electron chi connectivity index (χ1n) is 5.09. The summed E-state index contributed by atoms with van der Waals surface area (Å²) in [5.41, 5.74) is 1.11. The van der Waals surface area contributed by atoms with Crippen molar-refractivity contribution in [2.24, 2.45) is 0 Å². The van der Waals surface area contributed by atoms with E-state index in [0.717, 1.165) is 0 Å². The second-order valence-electron chi connectivity index (χ2n) is 3.43. The van der Waals surface area contributed by atoms with Crippen LogP contribution in [-0.2, 0) is 20.7 Å². The number of aliphatic carboxylic acids is 1. The third kappa shape index (κ3) is 4.48. The third-order valence-corrected chi connectivity index (χ3v) is 2.45. The number of carbonyl (C=O) groups excluding carboxylic acids is 1. The Bertz CT molecular complexity index is 526. The van der Waals surface area contributed by atoms with Crippen LogP contribution in [0.2, 0.25) is 5.02 Å². The first-order valence-corrected chi connectivity index (χ1v) is 5.46. The normalized spacial score (nSPS) is 9.22. The van der Waals surface area contributed by atoms with Gasteiger partial charge in [-0.05, 0) is 23.8 Å². The first kappa shape index (κ1) is 14.1. The molecule has 0 saturated heterocycles. The van der Waals surface area contributed by atoms with Crippen LogP contribution in [0.3, 0.4) is 0 Å². The molecule has 0 aliphatic carbocycles. The fraction of sp³-hybridized carbons (Fsp3) is 0.231. The van der Waals surface area contributed by atoms with Gasteiger partial charge in [-0.1, -0.05) is 23.4 Å². The molecule has 0 bridgehead atoms. The fourth-order valence-corrected chi connectivity index (χ4v) is 1.43. The van der Waals surface area contributed by atoms with Gasteiger partial charge < -0.3 is 9.84 Å². The minimum absolute atomic E-state index is 0.00656. The van der Waals surface area contributed by atoms with E-state index < -0.39 is 11.9 Å². The zero-order chi connectivity index (χ0) is 13.5. The summed E-state index contributed by atoms with van der Waals surface area (Å²) >= 11 is 5.86. The summed E-state index contributed by atoms with van der Waals surface area (Å²) in [6.45, 7) is 0. The van der Waals surface area contributed by atoms with Gasteiger partial charge in [-0.2, -0.15) is 0 Å². The minimum atomic E-state index is -0.962. The van der Waals surface area contributed by atoms with Crippen molar-refractivity contribution in [1.29, 1.82) is 0 Å². The molecule has 0 amide bonds. The van der Waals surface area contributed by atoms with Gasteiger partial charge in [0.25, 0.3) is 0 Å². The van der Waals surface area contributed by atoms with Crippen LogP contribution >= 0.6 is 11.6 Å². The molecule has 1 N–H and O–H groups in total. The van der Waals surface area contributed by atoms with Gasteiger partial charge in [-0.25, -0.2) is 0 Å². The SMILES string of the molecule is COC(=O)CC#Cc1ccc(Cl)c(CC(=O)O)c1. The van der Waals surface area contributed by atoms with Gasteiger partial charge in [-0.3, -0.25) is 9.59 Å². The molecule has 1 aromatic rings. The highest BCUT2D eigenvalue weighted by atomic mass is 35.5. The Hall–Kier alpha value is -1.99. The van der Waals surface area contributed by atoms with Crippen molar-refractivity contribution in [2.45, 2.75) is 12.8 Å². The molecular formula is C13H11ClO4. The molecule has 0 aliphatic heterocycles. The monoisotopic (exact) mass is 266 g/mol.